The fraction of sp³-hybridized carbons (Fsp3) is 0.188. The summed E-state index contributed by atoms with van der Waals surface area (Å²) in [6.45, 7) is 1.80. The van der Waals surface area contributed by atoms with Crippen molar-refractivity contribution in [3.8, 4) is 5.75 Å². The normalized spacial score (nSPS) is 11.0. The highest BCUT2D eigenvalue weighted by atomic mass is 16.5. The Bertz CT molecular complexity index is 622. The molecule has 2 rings (SSSR count). The first-order valence-corrected chi connectivity index (χ1v) is 6.56. The molecule has 0 unspecified atom stereocenters. The number of rotatable bonds is 5. The van der Waals surface area contributed by atoms with Gasteiger partial charge in [-0.25, -0.2) is 5.43 Å². The van der Waals surface area contributed by atoms with Gasteiger partial charge in [-0.1, -0.05) is 18.2 Å². The molecule has 0 aliphatic carbocycles. The van der Waals surface area contributed by atoms with Gasteiger partial charge in [0.25, 0.3) is 0 Å². The minimum atomic E-state index is -0.171. The van der Waals surface area contributed by atoms with E-state index in [2.05, 4.69) is 15.5 Å². The number of methoxy groups -OCH3 is 1. The Balaban J connectivity index is 1.92. The summed E-state index contributed by atoms with van der Waals surface area (Å²) in [5.41, 5.74) is 4.84. The van der Waals surface area contributed by atoms with Gasteiger partial charge in [0, 0.05) is 6.20 Å². The van der Waals surface area contributed by atoms with Crippen molar-refractivity contribution in [2.45, 2.75) is 13.3 Å². The lowest BCUT2D eigenvalue weighted by atomic mass is 10.1. The second-order valence-corrected chi connectivity index (χ2v) is 4.47. The van der Waals surface area contributed by atoms with Crippen LogP contribution in [-0.2, 0) is 11.2 Å². The standard InChI is InChI=1S/C16H17N3O2/c1-12(15-5-3-4-10-17-15)18-19-16(20)11-13-6-8-14(21-2)9-7-13/h3-10H,11H2,1-2H3,(H,19,20). The molecule has 0 spiro atoms. The maximum atomic E-state index is 11.8. The lowest BCUT2D eigenvalue weighted by Gasteiger charge is -2.04. The number of hydrogen-bond donors (Lipinski definition) is 1. The van der Waals surface area contributed by atoms with E-state index in [4.69, 9.17) is 4.74 Å². The van der Waals surface area contributed by atoms with Crippen molar-refractivity contribution in [1.82, 2.24) is 10.4 Å². The number of ether oxygens (including phenoxy) is 1. The second kappa shape index (κ2) is 7.19. The quantitative estimate of drug-likeness (QED) is 0.675. The average Bonchev–Trinajstić information content (AvgIpc) is 2.54. The molecule has 1 N–H and O–H groups in total. The highest BCUT2D eigenvalue weighted by Gasteiger charge is 2.04. The van der Waals surface area contributed by atoms with Crippen molar-refractivity contribution in [1.29, 1.82) is 0 Å². The van der Waals surface area contributed by atoms with Crippen molar-refractivity contribution in [2.24, 2.45) is 5.10 Å². The van der Waals surface area contributed by atoms with E-state index in [0.717, 1.165) is 17.0 Å². The Morgan fingerprint density at radius 1 is 1.24 bits per heavy atom. The zero-order chi connectivity index (χ0) is 15.1. The summed E-state index contributed by atoms with van der Waals surface area (Å²) in [6, 6.07) is 12.9. The average molecular weight is 283 g/mol. The Morgan fingerprint density at radius 2 is 2.00 bits per heavy atom. The molecule has 21 heavy (non-hydrogen) atoms. The number of hydrogen-bond acceptors (Lipinski definition) is 4. The Labute approximate surface area is 123 Å². The van der Waals surface area contributed by atoms with Crippen LogP contribution in [0.25, 0.3) is 0 Å². The van der Waals surface area contributed by atoms with Gasteiger partial charge in [0.05, 0.1) is 24.9 Å². The lowest BCUT2D eigenvalue weighted by Crippen LogP contribution is -2.21. The molecule has 0 radical (unpaired) electrons. The minimum absolute atomic E-state index is 0.171. The smallest absolute Gasteiger partial charge is 0.244 e. The number of nitrogens with zero attached hydrogens (tertiary/aromatic N) is 2. The monoisotopic (exact) mass is 283 g/mol. The Hall–Kier alpha value is -2.69. The Morgan fingerprint density at radius 3 is 2.62 bits per heavy atom. The largest absolute Gasteiger partial charge is 0.497 e. The van der Waals surface area contributed by atoms with Crippen LogP contribution in [-0.4, -0.2) is 23.7 Å². The van der Waals surface area contributed by atoms with Gasteiger partial charge in [0.1, 0.15) is 5.75 Å². The third-order valence-corrected chi connectivity index (χ3v) is 2.91. The zero-order valence-corrected chi connectivity index (χ0v) is 12.0. The van der Waals surface area contributed by atoms with Crippen molar-refractivity contribution in [2.75, 3.05) is 7.11 Å². The van der Waals surface area contributed by atoms with Crippen LogP contribution in [0.4, 0.5) is 0 Å². The van der Waals surface area contributed by atoms with Gasteiger partial charge >= 0.3 is 0 Å². The Kier molecular flexibility index (Phi) is 5.04. The molecule has 108 valence electrons. The number of pyridine rings is 1. The van der Waals surface area contributed by atoms with E-state index in [0.29, 0.717) is 5.71 Å². The highest BCUT2D eigenvalue weighted by Crippen LogP contribution is 2.11. The number of carbonyl (C=O) groups is 1. The van der Waals surface area contributed by atoms with E-state index in [1.165, 1.54) is 0 Å². The number of aromatic nitrogens is 1. The van der Waals surface area contributed by atoms with Gasteiger partial charge in [-0.05, 0) is 36.8 Å². The maximum Gasteiger partial charge on any atom is 0.244 e. The van der Waals surface area contributed by atoms with Gasteiger partial charge in [-0.3, -0.25) is 9.78 Å². The molecule has 1 aromatic heterocycles. The van der Waals surface area contributed by atoms with Gasteiger partial charge in [-0.15, -0.1) is 0 Å². The van der Waals surface area contributed by atoms with E-state index in [9.17, 15) is 4.79 Å². The molecule has 1 aromatic carbocycles. The molecule has 0 aliphatic heterocycles. The number of amides is 1. The first-order valence-electron chi connectivity index (χ1n) is 6.56. The van der Waals surface area contributed by atoms with Crippen LogP contribution in [0, 0.1) is 0 Å². The topological polar surface area (TPSA) is 63.6 Å². The summed E-state index contributed by atoms with van der Waals surface area (Å²) < 4.78 is 5.07. The van der Waals surface area contributed by atoms with Crippen molar-refractivity contribution in [3.63, 3.8) is 0 Å². The van der Waals surface area contributed by atoms with Crippen LogP contribution in [0.1, 0.15) is 18.2 Å². The van der Waals surface area contributed by atoms with Gasteiger partial charge in [0.2, 0.25) is 5.91 Å². The molecule has 2 aromatic rings. The molecular weight excluding hydrogens is 266 g/mol. The third kappa shape index (κ3) is 4.42. The van der Waals surface area contributed by atoms with E-state index in [1.807, 2.05) is 42.5 Å². The molecule has 0 aliphatic rings. The van der Waals surface area contributed by atoms with Crippen LogP contribution in [0.2, 0.25) is 0 Å². The van der Waals surface area contributed by atoms with E-state index < -0.39 is 0 Å². The third-order valence-electron chi connectivity index (χ3n) is 2.91. The lowest BCUT2D eigenvalue weighted by molar-refractivity contribution is -0.120. The summed E-state index contributed by atoms with van der Waals surface area (Å²) in [7, 11) is 1.61. The molecule has 0 fully saturated rings. The summed E-state index contributed by atoms with van der Waals surface area (Å²) in [5.74, 6) is 0.596. The van der Waals surface area contributed by atoms with Crippen LogP contribution in [0.3, 0.4) is 0 Å². The first kappa shape index (κ1) is 14.7. The van der Waals surface area contributed by atoms with Crippen LogP contribution >= 0.6 is 0 Å². The fourth-order valence-corrected chi connectivity index (χ4v) is 1.75. The van der Waals surface area contributed by atoms with Gasteiger partial charge in [-0.2, -0.15) is 5.10 Å². The molecule has 0 saturated carbocycles. The molecular formula is C16H17N3O2. The van der Waals surface area contributed by atoms with Gasteiger partial charge < -0.3 is 4.74 Å². The second-order valence-electron chi connectivity index (χ2n) is 4.47. The molecule has 0 bridgehead atoms. The van der Waals surface area contributed by atoms with E-state index in [1.54, 1.807) is 20.2 Å². The highest BCUT2D eigenvalue weighted by molar-refractivity contribution is 5.97. The minimum Gasteiger partial charge on any atom is -0.497 e. The maximum absolute atomic E-state index is 11.8. The van der Waals surface area contributed by atoms with Crippen LogP contribution in [0.15, 0.2) is 53.8 Å². The molecule has 0 atom stereocenters. The van der Waals surface area contributed by atoms with Crippen molar-refractivity contribution in [3.05, 3.63) is 59.9 Å². The predicted octanol–water partition coefficient (Wildman–Crippen LogP) is 2.17. The number of benzene rings is 1. The molecule has 0 saturated heterocycles. The molecule has 1 heterocycles. The fourth-order valence-electron chi connectivity index (χ4n) is 1.75. The van der Waals surface area contributed by atoms with Gasteiger partial charge in [0.15, 0.2) is 0 Å². The van der Waals surface area contributed by atoms with E-state index >= 15 is 0 Å². The summed E-state index contributed by atoms with van der Waals surface area (Å²) in [6.07, 6.45) is 1.95. The number of hydrazone groups is 1. The summed E-state index contributed by atoms with van der Waals surface area (Å²) in [4.78, 5) is 16.0. The first-order chi connectivity index (χ1) is 10.2. The number of carbonyl (C=O) groups excluding carboxylic acids is 1. The SMILES string of the molecule is COc1ccc(CC(=O)NN=C(C)c2ccccn2)cc1. The van der Waals surface area contributed by atoms with E-state index in [-0.39, 0.29) is 12.3 Å². The van der Waals surface area contributed by atoms with Crippen molar-refractivity contribution >= 4 is 11.6 Å². The molecule has 5 nitrogen and oxygen atoms in total. The summed E-state index contributed by atoms with van der Waals surface area (Å²) in [5, 5.41) is 4.05. The van der Waals surface area contributed by atoms with Crippen LogP contribution in [0.5, 0.6) is 5.75 Å². The predicted molar refractivity (Wildman–Crippen MR) is 81.3 cm³/mol. The van der Waals surface area contributed by atoms with Crippen LogP contribution < -0.4 is 10.2 Å². The molecule has 5 heteroatoms. The van der Waals surface area contributed by atoms with Crippen molar-refractivity contribution < 1.29 is 9.53 Å². The summed E-state index contributed by atoms with van der Waals surface area (Å²) >= 11 is 0. The number of nitrogens with one attached hydrogen (secondary N) is 1. The molecule has 1 amide bonds. The zero-order valence-electron chi connectivity index (χ0n) is 12.0.